The van der Waals surface area contributed by atoms with Gasteiger partial charge in [-0.25, -0.2) is 18.2 Å². The zero-order valence-electron chi connectivity index (χ0n) is 24.2. The number of carboxylic acid groups (broad SMARTS) is 1. The van der Waals surface area contributed by atoms with Crippen LogP contribution < -0.4 is 11.1 Å². The number of carbonyl (C=O) groups is 2. The summed E-state index contributed by atoms with van der Waals surface area (Å²) in [4.78, 5) is 38.8. The summed E-state index contributed by atoms with van der Waals surface area (Å²) in [5.74, 6) is 0.604. The Balaban J connectivity index is 0.00000225. The molecule has 0 spiro atoms. The highest BCUT2D eigenvalue weighted by Gasteiger charge is 2.43. The maximum absolute atomic E-state index is 13.9. The second kappa shape index (κ2) is 15.5. The summed E-state index contributed by atoms with van der Waals surface area (Å²) >= 11 is 0. The molecule has 0 bridgehead atoms. The monoisotopic (exact) mass is 695 g/mol. The van der Waals surface area contributed by atoms with Crippen molar-refractivity contribution in [3.63, 3.8) is 0 Å². The van der Waals surface area contributed by atoms with E-state index in [1.807, 2.05) is 4.90 Å². The number of benzene rings is 1. The van der Waals surface area contributed by atoms with Gasteiger partial charge in [0.15, 0.2) is 5.96 Å². The number of halogens is 3. The van der Waals surface area contributed by atoms with E-state index in [0.29, 0.717) is 76.6 Å². The van der Waals surface area contributed by atoms with E-state index in [-0.39, 0.29) is 67.1 Å². The summed E-state index contributed by atoms with van der Waals surface area (Å²) in [6, 6.07) is 6.75. The van der Waals surface area contributed by atoms with E-state index in [1.54, 1.807) is 35.4 Å². The van der Waals surface area contributed by atoms with Crippen molar-refractivity contribution in [3.05, 3.63) is 36.3 Å². The summed E-state index contributed by atoms with van der Waals surface area (Å²) in [5, 5.41) is 19.0. The molecule has 2 aromatic rings. The molecule has 2 amide bonds. The zero-order chi connectivity index (χ0) is 29.3. The number of likely N-dealkylation sites (tertiary alicyclic amines) is 2. The number of amides is 2. The number of nitrogens with one attached hydrogen (secondary N) is 3. The van der Waals surface area contributed by atoms with E-state index in [4.69, 9.17) is 16.2 Å². The van der Waals surface area contributed by atoms with Gasteiger partial charge >= 0.3 is 6.09 Å². The first-order valence-electron chi connectivity index (χ1n) is 13.7. The molecule has 0 saturated carbocycles. The summed E-state index contributed by atoms with van der Waals surface area (Å²) < 4.78 is 25.5. The molecule has 18 heteroatoms. The Labute approximate surface area is 275 Å². The van der Waals surface area contributed by atoms with Crippen LogP contribution in [-0.4, -0.2) is 119 Å². The van der Waals surface area contributed by atoms with Crippen molar-refractivity contribution in [2.75, 3.05) is 57.4 Å². The number of carbonyl (C=O) groups excluding carboxylic acids is 1. The van der Waals surface area contributed by atoms with Gasteiger partial charge < -0.3 is 25.6 Å². The Morgan fingerprint density at radius 2 is 1.66 bits per heavy atom. The highest BCUT2D eigenvalue weighted by atomic mass is 35.5. The van der Waals surface area contributed by atoms with E-state index in [1.165, 1.54) is 10.6 Å². The van der Waals surface area contributed by atoms with Gasteiger partial charge in [-0.2, -0.15) is 4.31 Å². The number of H-pyrrole nitrogens is 1. The highest BCUT2D eigenvalue weighted by molar-refractivity contribution is 7.88. The second-order valence-corrected chi connectivity index (χ2v) is 12.9. The topological polar surface area (TPSA) is 192 Å². The summed E-state index contributed by atoms with van der Waals surface area (Å²) in [6.45, 7) is 3.72. The minimum atomic E-state index is -3.24. The van der Waals surface area contributed by atoms with Crippen LogP contribution in [0.4, 0.5) is 10.5 Å². The molecule has 44 heavy (non-hydrogen) atoms. The van der Waals surface area contributed by atoms with Gasteiger partial charge in [0.25, 0.3) is 0 Å². The van der Waals surface area contributed by atoms with Crippen LogP contribution in [0.1, 0.15) is 31.1 Å². The largest absolute Gasteiger partial charge is 0.465 e. The molecule has 5 rings (SSSR count). The van der Waals surface area contributed by atoms with Gasteiger partial charge in [-0.1, -0.05) is 12.1 Å². The van der Waals surface area contributed by atoms with E-state index >= 15 is 0 Å². The lowest BCUT2D eigenvalue weighted by molar-refractivity contribution is -0.138. The Bertz CT molecular complexity index is 1400. The van der Waals surface area contributed by atoms with Gasteiger partial charge in [0.05, 0.1) is 24.2 Å². The highest BCUT2D eigenvalue weighted by Crippen LogP contribution is 2.37. The van der Waals surface area contributed by atoms with Gasteiger partial charge in [-0.15, -0.1) is 37.2 Å². The van der Waals surface area contributed by atoms with Crippen LogP contribution in [0.25, 0.3) is 11.3 Å². The third-order valence-electron chi connectivity index (χ3n) is 8.36. The smallest absolute Gasteiger partial charge is 0.409 e. The number of nitrogens with zero attached hydrogens (tertiary/aromatic N) is 5. The minimum Gasteiger partial charge on any atom is -0.465 e. The van der Waals surface area contributed by atoms with Gasteiger partial charge in [0.2, 0.25) is 15.9 Å². The van der Waals surface area contributed by atoms with Crippen LogP contribution in [0.3, 0.4) is 0 Å². The van der Waals surface area contributed by atoms with Crippen molar-refractivity contribution < 1.29 is 23.1 Å². The van der Waals surface area contributed by atoms with Gasteiger partial charge in [0.1, 0.15) is 5.82 Å². The Morgan fingerprint density at radius 3 is 2.20 bits per heavy atom. The van der Waals surface area contributed by atoms with Crippen molar-refractivity contribution in [2.24, 2.45) is 11.7 Å². The van der Waals surface area contributed by atoms with Crippen LogP contribution in [0.5, 0.6) is 0 Å². The molecular weight excluding hydrogens is 657 g/mol. The number of rotatable bonds is 6. The number of aromatic nitrogens is 2. The number of piperidine rings is 1. The first-order valence-corrected chi connectivity index (χ1v) is 15.6. The van der Waals surface area contributed by atoms with Gasteiger partial charge in [-0.3, -0.25) is 20.4 Å². The van der Waals surface area contributed by atoms with Crippen LogP contribution >= 0.6 is 37.2 Å². The SMILES string of the molecule is CS(=O)(=O)N1CCN([C@H]2C[C@@H](c3ncc(-c4ccc(NC(=O)O)cc4)[nH]3)N(C(=O)C3CCN(C(=N)N)CC3)C2)CC1.Cl.Cl.Cl. The molecule has 3 aliphatic heterocycles. The van der Waals surface area contributed by atoms with E-state index in [9.17, 15) is 18.0 Å². The second-order valence-electron chi connectivity index (χ2n) is 10.9. The summed E-state index contributed by atoms with van der Waals surface area (Å²) in [6.07, 6.45) is 3.74. The molecule has 2 atom stereocenters. The number of piperazine rings is 1. The van der Waals surface area contributed by atoms with Crippen LogP contribution in [-0.2, 0) is 14.8 Å². The molecule has 0 unspecified atom stereocenters. The number of nitrogens with two attached hydrogens (primary N) is 1. The predicted octanol–water partition coefficient (Wildman–Crippen LogP) is 2.26. The summed E-state index contributed by atoms with van der Waals surface area (Å²) in [7, 11) is -3.24. The first-order chi connectivity index (χ1) is 19.5. The standard InChI is InChI=1S/C26H37N9O5S.3ClH/c1-41(39,40)34-12-10-32(11-13-34)20-14-22(35(16-20)24(36)18-6-8-33(9-7-18)25(27)28)23-29-15-21(31-23)17-2-4-19(5-3-17)30-26(37)38;;;/h2-5,15,18,20,22,30H,6-14,16H2,1H3,(H3,27,28)(H,29,31)(H,37,38);3*1H/t20-,22-;;;/m0.../s1. The fourth-order valence-electron chi connectivity index (χ4n) is 6.09. The van der Waals surface area contributed by atoms with Crippen molar-refractivity contribution in [2.45, 2.75) is 31.3 Å². The molecule has 3 fully saturated rings. The molecular formula is C26H40Cl3N9O5S. The number of hydrogen-bond acceptors (Lipinski definition) is 7. The molecule has 14 nitrogen and oxygen atoms in total. The zero-order valence-corrected chi connectivity index (χ0v) is 27.5. The van der Waals surface area contributed by atoms with Crippen LogP contribution in [0, 0.1) is 11.3 Å². The third-order valence-corrected chi connectivity index (χ3v) is 9.67. The third kappa shape index (κ3) is 8.46. The lowest BCUT2D eigenvalue weighted by Gasteiger charge is -2.37. The Morgan fingerprint density at radius 1 is 1.05 bits per heavy atom. The quantitative estimate of drug-likeness (QED) is 0.223. The van der Waals surface area contributed by atoms with E-state index < -0.39 is 16.1 Å². The number of hydrogen-bond donors (Lipinski definition) is 5. The van der Waals surface area contributed by atoms with Crippen molar-refractivity contribution in [1.29, 1.82) is 5.41 Å². The maximum atomic E-state index is 13.9. The number of imidazole rings is 1. The Kier molecular flexibility index (Phi) is 13.1. The Hall–Kier alpha value is -2.82. The summed E-state index contributed by atoms with van der Waals surface area (Å²) in [5.41, 5.74) is 7.71. The number of guanidine groups is 1. The number of sulfonamides is 1. The average molecular weight is 697 g/mol. The molecule has 3 saturated heterocycles. The molecule has 0 radical (unpaired) electrons. The normalized spacial score (nSPS) is 21.5. The molecule has 0 aliphatic carbocycles. The maximum Gasteiger partial charge on any atom is 0.409 e. The number of aromatic amines is 1. The molecule has 3 aliphatic rings. The molecule has 1 aromatic carbocycles. The minimum absolute atomic E-state index is 0. The lowest BCUT2D eigenvalue weighted by atomic mass is 9.95. The van der Waals surface area contributed by atoms with E-state index in [2.05, 4.69) is 20.2 Å². The molecule has 246 valence electrons. The van der Waals surface area contributed by atoms with Crippen molar-refractivity contribution in [1.82, 2.24) is 29.0 Å². The van der Waals surface area contributed by atoms with Gasteiger partial charge in [0, 0.05) is 63.5 Å². The van der Waals surface area contributed by atoms with Crippen molar-refractivity contribution in [3.8, 4) is 11.3 Å². The fraction of sp³-hybridized carbons (Fsp3) is 0.538. The molecule has 1 aromatic heterocycles. The van der Waals surface area contributed by atoms with E-state index in [0.717, 1.165) is 11.3 Å². The molecule has 6 N–H and O–H groups in total. The predicted molar refractivity (Wildman–Crippen MR) is 174 cm³/mol. The molecule has 4 heterocycles. The first kappa shape index (κ1) is 37.4. The average Bonchev–Trinajstić information content (AvgIpc) is 3.60. The van der Waals surface area contributed by atoms with Gasteiger partial charge in [-0.05, 0) is 37.0 Å². The van der Waals surface area contributed by atoms with Crippen molar-refractivity contribution >= 4 is 70.9 Å². The lowest BCUT2D eigenvalue weighted by Crippen LogP contribution is -2.52. The van der Waals surface area contributed by atoms with Crippen LogP contribution in [0.15, 0.2) is 30.5 Å². The number of anilines is 1. The fourth-order valence-corrected chi connectivity index (χ4v) is 6.92. The van der Waals surface area contributed by atoms with Crippen LogP contribution in [0.2, 0.25) is 0 Å².